The number of hydrogen-bond acceptors (Lipinski definition) is 5. The second-order valence-electron chi connectivity index (χ2n) is 2.63. The lowest BCUT2D eigenvalue weighted by Crippen LogP contribution is -2.16. The van der Waals surface area contributed by atoms with Crippen LogP contribution in [0.3, 0.4) is 0 Å². The molecular formula is C8H12O4S2. The topological polar surface area (TPSA) is 52.6 Å². The molecule has 0 saturated heterocycles. The highest BCUT2D eigenvalue weighted by Crippen LogP contribution is 2.17. The average molecular weight is 236 g/mol. The SMILES string of the molecule is COC(C)OCS(=O)(=O)c1cccs1. The molecule has 0 spiro atoms. The molecule has 1 aromatic rings. The van der Waals surface area contributed by atoms with Crippen molar-refractivity contribution in [2.45, 2.75) is 17.4 Å². The lowest BCUT2D eigenvalue weighted by Gasteiger charge is -2.10. The Bertz CT molecular complexity index is 355. The Labute approximate surface area is 87.4 Å². The normalized spacial score (nSPS) is 14.1. The van der Waals surface area contributed by atoms with Gasteiger partial charge < -0.3 is 9.47 Å². The average Bonchev–Trinajstić information content (AvgIpc) is 2.67. The van der Waals surface area contributed by atoms with Crippen LogP contribution in [0.1, 0.15) is 6.92 Å². The molecule has 1 unspecified atom stereocenters. The number of rotatable bonds is 5. The molecule has 1 rings (SSSR count). The van der Waals surface area contributed by atoms with Crippen LogP contribution in [0, 0.1) is 0 Å². The zero-order valence-corrected chi connectivity index (χ0v) is 9.60. The summed E-state index contributed by atoms with van der Waals surface area (Å²) < 4.78 is 33.2. The summed E-state index contributed by atoms with van der Waals surface area (Å²) in [5.74, 6) is -0.345. The Morgan fingerprint density at radius 2 is 2.29 bits per heavy atom. The van der Waals surface area contributed by atoms with Crippen LogP contribution in [0.2, 0.25) is 0 Å². The highest BCUT2D eigenvalue weighted by atomic mass is 32.2. The molecule has 0 aromatic carbocycles. The maximum Gasteiger partial charge on any atom is 0.211 e. The lowest BCUT2D eigenvalue weighted by molar-refractivity contribution is -0.0952. The van der Waals surface area contributed by atoms with Crippen LogP contribution in [-0.2, 0) is 19.3 Å². The van der Waals surface area contributed by atoms with Crippen LogP contribution in [0.4, 0.5) is 0 Å². The zero-order chi connectivity index (χ0) is 10.6. The quantitative estimate of drug-likeness (QED) is 0.727. The third kappa shape index (κ3) is 3.06. The zero-order valence-electron chi connectivity index (χ0n) is 7.97. The highest BCUT2D eigenvalue weighted by molar-refractivity contribution is 7.93. The van der Waals surface area contributed by atoms with E-state index in [2.05, 4.69) is 0 Å². The van der Waals surface area contributed by atoms with Crippen LogP contribution in [0.25, 0.3) is 0 Å². The summed E-state index contributed by atoms with van der Waals surface area (Å²) in [7, 11) is -1.85. The van der Waals surface area contributed by atoms with Crippen LogP contribution in [0.15, 0.2) is 21.7 Å². The first-order valence-corrected chi connectivity index (χ1v) is 6.50. The van der Waals surface area contributed by atoms with E-state index in [1.807, 2.05) is 0 Å². The van der Waals surface area contributed by atoms with Gasteiger partial charge in [0.1, 0.15) is 4.21 Å². The van der Waals surface area contributed by atoms with Gasteiger partial charge in [-0.15, -0.1) is 11.3 Å². The molecule has 0 aliphatic carbocycles. The maximum atomic E-state index is 11.5. The number of thiophene rings is 1. The molecule has 0 fully saturated rings. The lowest BCUT2D eigenvalue weighted by atomic mass is 10.7. The summed E-state index contributed by atoms with van der Waals surface area (Å²) in [6, 6.07) is 3.25. The molecule has 1 aromatic heterocycles. The summed E-state index contributed by atoms with van der Waals surface area (Å²) in [4.78, 5) is 0. The van der Waals surface area contributed by atoms with Gasteiger partial charge in [-0.05, 0) is 18.4 Å². The van der Waals surface area contributed by atoms with E-state index in [4.69, 9.17) is 9.47 Å². The Balaban J connectivity index is 2.60. The van der Waals surface area contributed by atoms with Gasteiger partial charge in [0.05, 0.1) is 0 Å². The molecule has 1 atom stereocenters. The second kappa shape index (κ2) is 4.88. The number of sulfone groups is 1. The minimum atomic E-state index is -3.31. The van der Waals surface area contributed by atoms with Gasteiger partial charge in [0.25, 0.3) is 0 Å². The van der Waals surface area contributed by atoms with Gasteiger partial charge in [0, 0.05) is 7.11 Å². The van der Waals surface area contributed by atoms with E-state index >= 15 is 0 Å². The third-order valence-electron chi connectivity index (χ3n) is 1.59. The molecule has 6 heteroatoms. The van der Waals surface area contributed by atoms with Gasteiger partial charge in [0.2, 0.25) is 9.84 Å². The fourth-order valence-electron chi connectivity index (χ4n) is 0.752. The monoisotopic (exact) mass is 236 g/mol. The molecule has 1 heterocycles. The van der Waals surface area contributed by atoms with Gasteiger partial charge in [-0.25, -0.2) is 8.42 Å². The van der Waals surface area contributed by atoms with E-state index in [1.165, 1.54) is 18.4 Å². The van der Waals surface area contributed by atoms with Crippen molar-refractivity contribution in [3.05, 3.63) is 17.5 Å². The van der Waals surface area contributed by atoms with E-state index in [1.54, 1.807) is 24.4 Å². The third-order valence-corrected chi connectivity index (χ3v) is 4.50. The van der Waals surface area contributed by atoms with Crippen molar-refractivity contribution in [1.29, 1.82) is 0 Å². The number of methoxy groups -OCH3 is 1. The predicted octanol–water partition coefficient (Wildman–Crippen LogP) is 1.49. The van der Waals surface area contributed by atoms with Crippen molar-refractivity contribution in [3.63, 3.8) is 0 Å². The van der Waals surface area contributed by atoms with Crippen molar-refractivity contribution in [2.24, 2.45) is 0 Å². The molecule has 0 aliphatic rings. The van der Waals surface area contributed by atoms with Gasteiger partial charge in [-0.3, -0.25) is 0 Å². The van der Waals surface area contributed by atoms with E-state index in [0.29, 0.717) is 4.21 Å². The standard InChI is InChI=1S/C8H12O4S2/c1-7(11-2)12-6-14(9,10)8-4-3-5-13-8/h3-5,7H,6H2,1-2H3. The van der Waals surface area contributed by atoms with Gasteiger partial charge in [-0.1, -0.05) is 6.07 Å². The summed E-state index contributed by atoms with van der Waals surface area (Å²) in [5.41, 5.74) is 0. The van der Waals surface area contributed by atoms with Gasteiger partial charge in [0.15, 0.2) is 12.2 Å². The smallest absolute Gasteiger partial charge is 0.211 e. The first kappa shape index (κ1) is 11.6. The summed E-state index contributed by atoms with van der Waals surface area (Å²) in [6.07, 6.45) is -0.510. The van der Waals surface area contributed by atoms with Crippen molar-refractivity contribution >= 4 is 21.2 Å². The molecule has 0 saturated carbocycles. The van der Waals surface area contributed by atoms with Gasteiger partial charge in [-0.2, -0.15) is 0 Å². The highest BCUT2D eigenvalue weighted by Gasteiger charge is 2.16. The van der Waals surface area contributed by atoms with Crippen LogP contribution < -0.4 is 0 Å². The van der Waals surface area contributed by atoms with Gasteiger partial charge >= 0.3 is 0 Å². The fourth-order valence-corrected chi connectivity index (χ4v) is 2.87. The molecule has 80 valence electrons. The second-order valence-corrected chi connectivity index (χ2v) is 5.75. The fraction of sp³-hybridized carbons (Fsp3) is 0.500. The van der Waals surface area contributed by atoms with Crippen molar-refractivity contribution in [1.82, 2.24) is 0 Å². The molecule has 4 nitrogen and oxygen atoms in total. The first-order valence-electron chi connectivity index (χ1n) is 3.97. The maximum absolute atomic E-state index is 11.5. The van der Waals surface area contributed by atoms with E-state index in [9.17, 15) is 8.42 Å². The first-order chi connectivity index (χ1) is 6.56. The van der Waals surface area contributed by atoms with Crippen molar-refractivity contribution < 1.29 is 17.9 Å². The Hall–Kier alpha value is -0.430. The number of ether oxygens (including phenoxy) is 2. The van der Waals surface area contributed by atoms with E-state index in [0.717, 1.165) is 0 Å². The van der Waals surface area contributed by atoms with Crippen molar-refractivity contribution in [2.75, 3.05) is 13.0 Å². The van der Waals surface area contributed by atoms with E-state index in [-0.39, 0.29) is 5.94 Å². The Kier molecular flexibility index (Phi) is 4.06. The van der Waals surface area contributed by atoms with Crippen LogP contribution in [0.5, 0.6) is 0 Å². The predicted molar refractivity (Wildman–Crippen MR) is 53.9 cm³/mol. The number of hydrogen-bond donors (Lipinski definition) is 0. The minimum Gasteiger partial charge on any atom is -0.356 e. The van der Waals surface area contributed by atoms with Crippen LogP contribution >= 0.6 is 11.3 Å². The largest absolute Gasteiger partial charge is 0.356 e. The Morgan fingerprint density at radius 3 is 2.79 bits per heavy atom. The molecule has 0 N–H and O–H groups in total. The molecule has 0 aliphatic heterocycles. The van der Waals surface area contributed by atoms with Crippen molar-refractivity contribution in [3.8, 4) is 0 Å². The minimum absolute atomic E-state index is 0.320. The summed E-state index contributed by atoms with van der Waals surface area (Å²) >= 11 is 1.18. The summed E-state index contributed by atoms with van der Waals surface area (Å²) in [5, 5.41) is 1.71. The molecular weight excluding hydrogens is 224 g/mol. The van der Waals surface area contributed by atoms with Crippen LogP contribution in [-0.4, -0.2) is 27.8 Å². The molecule has 0 amide bonds. The molecule has 0 radical (unpaired) electrons. The molecule has 0 bridgehead atoms. The molecule has 14 heavy (non-hydrogen) atoms. The van der Waals surface area contributed by atoms with E-state index < -0.39 is 16.1 Å². The Morgan fingerprint density at radius 1 is 1.57 bits per heavy atom. The summed E-state index contributed by atoms with van der Waals surface area (Å²) in [6.45, 7) is 1.64.